The van der Waals surface area contributed by atoms with Crippen LogP contribution in [0.4, 0.5) is 22.0 Å². The van der Waals surface area contributed by atoms with Gasteiger partial charge in [-0.05, 0) is 49.4 Å². The molecule has 1 fully saturated rings. The molecule has 2 aromatic heterocycles. The average molecular weight is 619 g/mol. The summed E-state index contributed by atoms with van der Waals surface area (Å²) in [6, 6.07) is 2.73. The number of hydrogen-bond donors (Lipinski definition) is 1. The van der Waals surface area contributed by atoms with Gasteiger partial charge in [0, 0.05) is 18.8 Å². The van der Waals surface area contributed by atoms with Crippen molar-refractivity contribution in [2.75, 3.05) is 6.54 Å². The Balaban J connectivity index is 1.73. The standard InChI is InChI=1S/C26H21Cl2F5N4O4/c27-19-5-6-34-23(28)21(19)20(38)12-36(11-13-7-15(29)9-16(30)8-13)24(39)18-10-35-37(22(18)26(31,32)33)17-3-1-14(2-4-17)25(40)41/h5-10,14,17H,1-4,11-12H2,(H,40,41)/t14-,17-. The van der Waals surface area contributed by atoms with Gasteiger partial charge in [0.2, 0.25) is 0 Å². The number of carboxylic acids is 1. The molecule has 3 aromatic rings. The highest BCUT2D eigenvalue weighted by Crippen LogP contribution is 2.39. The quantitative estimate of drug-likeness (QED) is 0.182. The number of Topliss-reactive ketones (excluding diaryl/α,β-unsaturated/α-hetero) is 1. The lowest BCUT2D eigenvalue weighted by atomic mass is 9.86. The summed E-state index contributed by atoms with van der Waals surface area (Å²) < 4.78 is 71.5. The smallest absolute Gasteiger partial charge is 0.433 e. The predicted octanol–water partition coefficient (Wildman–Crippen LogP) is 6.22. The molecule has 8 nitrogen and oxygen atoms in total. The zero-order valence-electron chi connectivity index (χ0n) is 21.0. The van der Waals surface area contributed by atoms with E-state index in [2.05, 4.69) is 10.1 Å². The first-order valence-electron chi connectivity index (χ1n) is 12.2. The molecule has 0 bridgehead atoms. The number of aliphatic carboxylic acids is 1. The van der Waals surface area contributed by atoms with Crippen LogP contribution in [-0.4, -0.2) is 49.0 Å². The van der Waals surface area contributed by atoms with E-state index in [9.17, 15) is 41.4 Å². The van der Waals surface area contributed by atoms with Crippen molar-refractivity contribution >= 4 is 40.9 Å². The van der Waals surface area contributed by atoms with E-state index in [-0.39, 0.29) is 47.0 Å². The number of pyridine rings is 1. The number of aromatic nitrogens is 3. The maximum Gasteiger partial charge on any atom is 0.433 e. The Morgan fingerprint density at radius 3 is 2.24 bits per heavy atom. The van der Waals surface area contributed by atoms with E-state index in [0.717, 1.165) is 12.1 Å². The van der Waals surface area contributed by atoms with E-state index >= 15 is 0 Å². The van der Waals surface area contributed by atoms with Crippen molar-refractivity contribution in [3.63, 3.8) is 0 Å². The molecule has 0 unspecified atom stereocenters. The number of benzene rings is 1. The number of rotatable bonds is 8. The molecule has 1 aromatic carbocycles. The third kappa shape index (κ3) is 6.84. The second-order valence-electron chi connectivity index (χ2n) is 9.51. The first kappa shape index (κ1) is 30.4. The minimum absolute atomic E-state index is 0.0815. The maximum atomic E-state index is 14.4. The highest BCUT2D eigenvalue weighted by molar-refractivity contribution is 6.39. The van der Waals surface area contributed by atoms with Crippen molar-refractivity contribution < 1.29 is 41.4 Å². The molecule has 218 valence electrons. The molecular formula is C26H21Cl2F5N4O4. The van der Waals surface area contributed by atoms with Gasteiger partial charge in [-0.25, -0.2) is 13.8 Å². The monoisotopic (exact) mass is 618 g/mol. The number of carboxylic acid groups (broad SMARTS) is 1. The number of amides is 1. The highest BCUT2D eigenvalue weighted by atomic mass is 35.5. The topological polar surface area (TPSA) is 105 Å². The van der Waals surface area contributed by atoms with Crippen LogP contribution >= 0.6 is 23.2 Å². The number of nitrogens with zero attached hydrogens (tertiary/aromatic N) is 4. The van der Waals surface area contributed by atoms with Gasteiger partial charge in [0.25, 0.3) is 5.91 Å². The molecule has 1 N–H and O–H groups in total. The van der Waals surface area contributed by atoms with Gasteiger partial charge in [0.05, 0.1) is 40.9 Å². The van der Waals surface area contributed by atoms with E-state index in [4.69, 9.17) is 23.2 Å². The minimum atomic E-state index is -5.07. The predicted molar refractivity (Wildman–Crippen MR) is 136 cm³/mol. The molecule has 1 aliphatic carbocycles. The van der Waals surface area contributed by atoms with Gasteiger partial charge < -0.3 is 10.0 Å². The van der Waals surface area contributed by atoms with Crippen molar-refractivity contribution in [1.82, 2.24) is 19.7 Å². The molecule has 4 rings (SSSR count). The van der Waals surface area contributed by atoms with Gasteiger partial charge >= 0.3 is 12.1 Å². The number of hydrogen-bond acceptors (Lipinski definition) is 5. The summed E-state index contributed by atoms with van der Waals surface area (Å²) in [6.45, 7) is -1.52. The molecule has 0 atom stereocenters. The number of ketones is 1. The lowest BCUT2D eigenvalue weighted by molar-refractivity contribution is -0.147. The zero-order chi connectivity index (χ0) is 30.1. The molecular weight excluding hydrogens is 598 g/mol. The van der Waals surface area contributed by atoms with Crippen LogP contribution in [0.5, 0.6) is 0 Å². The Kier molecular flexibility index (Phi) is 8.97. The van der Waals surface area contributed by atoms with Gasteiger partial charge in [0.15, 0.2) is 11.5 Å². The van der Waals surface area contributed by atoms with Crippen molar-refractivity contribution in [2.24, 2.45) is 5.92 Å². The highest BCUT2D eigenvalue weighted by Gasteiger charge is 2.43. The fourth-order valence-electron chi connectivity index (χ4n) is 4.85. The molecule has 1 amide bonds. The lowest BCUT2D eigenvalue weighted by Gasteiger charge is -2.28. The summed E-state index contributed by atoms with van der Waals surface area (Å²) in [5, 5.41) is 12.6. The summed E-state index contributed by atoms with van der Waals surface area (Å²) in [4.78, 5) is 42.5. The fourth-order valence-corrected chi connectivity index (χ4v) is 5.42. The van der Waals surface area contributed by atoms with Crippen molar-refractivity contribution in [2.45, 2.75) is 44.4 Å². The van der Waals surface area contributed by atoms with E-state index in [1.54, 1.807) is 0 Å². The van der Waals surface area contributed by atoms with Gasteiger partial charge in [-0.3, -0.25) is 19.1 Å². The number of carbonyl (C=O) groups is 3. The van der Waals surface area contributed by atoms with Crippen LogP contribution < -0.4 is 0 Å². The lowest BCUT2D eigenvalue weighted by Crippen LogP contribution is -2.37. The molecule has 0 radical (unpaired) electrons. The number of halogens is 7. The molecule has 0 saturated heterocycles. The normalized spacial score (nSPS) is 17.3. The van der Waals surface area contributed by atoms with E-state index in [0.29, 0.717) is 21.8 Å². The van der Waals surface area contributed by atoms with Crippen LogP contribution in [0.3, 0.4) is 0 Å². The van der Waals surface area contributed by atoms with Crippen LogP contribution in [0, 0.1) is 17.6 Å². The minimum Gasteiger partial charge on any atom is -0.481 e. The summed E-state index contributed by atoms with van der Waals surface area (Å²) in [5.41, 5.74) is -2.71. The molecule has 0 aliphatic heterocycles. The van der Waals surface area contributed by atoms with Gasteiger partial charge in [-0.2, -0.15) is 18.3 Å². The first-order valence-corrected chi connectivity index (χ1v) is 13.0. The number of alkyl halides is 3. The molecule has 1 aliphatic rings. The summed E-state index contributed by atoms with van der Waals surface area (Å²) in [7, 11) is 0. The van der Waals surface area contributed by atoms with Gasteiger partial charge in [-0.15, -0.1) is 0 Å². The van der Waals surface area contributed by atoms with E-state index in [1.165, 1.54) is 12.3 Å². The Bertz CT molecular complexity index is 1450. The largest absolute Gasteiger partial charge is 0.481 e. The Morgan fingerprint density at radius 2 is 1.68 bits per heavy atom. The summed E-state index contributed by atoms with van der Waals surface area (Å²) in [6.07, 6.45) is -2.73. The third-order valence-corrected chi connectivity index (χ3v) is 7.34. The first-order chi connectivity index (χ1) is 19.3. The molecule has 15 heteroatoms. The Labute approximate surface area is 239 Å². The average Bonchev–Trinajstić information content (AvgIpc) is 3.33. The van der Waals surface area contributed by atoms with Crippen LogP contribution in [0.1, 0.15) is 63.7 Å². The molecule has 2 heterocycles. The van der Waals surface area contributed by atoms with Crippen LogP contribution in [0.25, 0.3) is 0 Å². The second-order valence-corrected chi connectivity index (χ2v) is 10.3. The van der Waals surface area contributed by atoms with Crippen molar-refractivity contribution in [3.8, 4) is 0 Å². The van der Waals surface area contributed by atoms with Gasteiger partial charge in [-0.1, -0.05) is 23.2 Å². The Morgan fingerprint density at radius 1 is 1.05 bits per heavy atom. The second kappa shape index (κ2) is 12.1. The van der Waals surface area contributed by atoms with Crippen LogP contribution in [0.15, 0.2) is 36.7 Å². The molecule has 41 heavy (non-hydrogen) atoms. The zero-order valence-corrected chi connectivity index (χ0v) is 22.5. The van der Waals surface area contributed by atoms with Crippen LogP contribution in [0.2, 0.25) is 10.2 Å². The van der Waals surface area contributed by atoms with Crippen molar-refractivity contribution in [3.05, 3.63) is 80.9 Å². The van der Waals surface area contributed by atoms with E-state index < -0.39 is 71.8 Å². The SMILES string of the molecule is O=C(CN(Cc1cc(F)cc(F)c1)C(=O)c1cnn([C@H]2CC[C@H](C(=O)O)CC2)c1C(F)(F)F)c1c(Cl)ccnc1Cl. The maximum absolute atomic E-state index is 14.4. The Hall–Kier alpha value is -3.58. The fraction of sp³-hybridized carbons (Fsp3) is 0.346. The van der Waals surface area contributed by atoms with Gasteiger partial charge in [0.1, 0.15) is 16.8 Å². The molecule has 1 saturated carbocycles. The van der Waals surface area contributed by atoms with E-state index in [1.807, 2.05) is 0 Å². The summed E-state index contributed by atoms with van der Waals surface area (Å²) >= 11 is 12.1. The molecule has 0 spiro atoms. The van der Waals surface area contributed by atoms with Crippen molar-refractivity contribution in [1.29, 1.82) is 0 Å². The third-order valence-electron chi connectivity index (χ3n) is 6.74. The van der Waals surface area contributed by atoms with Crippen LogP contribution in [-0.2, 0) is 17.5 Å². The number of carbonyl (C=O) groups excluding carboxylic acids is 2. The summed E-state index contributed by atoms with van der Waals surface area (Å²) in [5.74, 6) is -5.92.